The first kappa shape index (κ1) is 17.3. The van der Waals surface area contributed by atoms with E-state index in [0.29, 0.717) is 16.6 Å². The average Bonchev–Trinajstić information content (AvgIpc) is 2.86. The monoisotopic (exact) mass is 341 g/mol. The highest BCUT2D eigenvalue weighted by molar-refractivity contribution is 7.15. The van der Waals surface area contributed by atoms with Crippen LogP contribution in [-0.2, 0) is 17.6 Å². The van der Waals surface area contributed by atoms with Gasteiger partial charge in [0.1, 0.15) is 10.8 Å². The number of nitrogens with one attached hydrogen (secondary N) is 1. The smallest absolute Gasteiger partial charge is 0.387 e. The summed E-state index contributed by atoms with van der Waals surface area (Å²) in [6, 6.07) is 5.95. The molecule has 0 spiro atoms. The van der Waals surface area contributed by atoms with Crippen molar-refractivity contribution >= 4 is 22.4 Å². The molecule has 1 aromatic heterocycles. The maximum absolute atomic E-state index is 12.1. The molecule has 1 heterocycles. The van der Waals surface area contributed by atoms with Gasteiger partial charge in [-0.15, -0.1) is 10.2 Å². The van der Waals surface area contributed by atoms with Crippen LogP contribution in [0.2, 0.25) is 0 Å². The Morgan fingerprint density at radius 2 is 1.96 bits per heavy atom. The molecule has 0 bridgehead atoms. The minimum absolute atomic E-state index is 0.0617. The fraction of sp³-hybridized carbons (Fsp3) is 0.400. The topological polar surface area (TPSA) is 64.1 Å². The second-order valence-electron chi connectivity index (χ2n) is 5.35. The third kappa shape index (κ3) is 5.90. The molecule has 0 radical (unpaired) electrons. The number of rotatable bonds is 7. The van der Waals surface area contributed by atoms with Gasteiger partial charge in [0.15, 0.2) is 0 Å². The van der Waals surface area contributed by atoms with E-state index >= 15 is 0 Å². The second kappa shape index (κ2) is 7.96. The summed E-state index contributed by atoms with van der Waals surface area (Å²) in [5, 5.41) is 12.0. The normalized spacial score (nSPS) is 11.0. The molecule has 0 aliphatic rings. The summed E-state index contributed by atoms with van der Waals surface area (Å²) in [6.45, 7) is 1.31. The van der Waals surface area contributed by atoms with E-state index in [1.165, 1.54) is 23.5 Å². The van der Waals surface area contributed by atoms with Crippen molar-refractivity contribution in [3.05, 3.63) is 34.8 Å². The van der Waals surface area contributed by atoms with Gasteiger partial charge in [-0.25, -0.2) is 0 Å². The largest absolute Gasteiger partial charge is 0.435 e. The number of anilines is 1. The van der Waals surface area contributed by atoms with Crippen LogP contribution in [0.3, 0.4) is 0 Å². The average molecular weight is 341 g/mol. The summed E-state index contributed by atoms with van der Waals surface area (Å²) in [4.78, 5) is 12.0. The number of alkyl halides is 2. The van der Waals surface area contributed by atoms with Crippen LogP contribution >= 0.6 is 11.3 Å². The lowest BCUT2D eigenvalue weighted by Crippen LogP contribution is -2.14. The molecule has 23 heavy (non-hydrogen) atoms. The molecule has 0 atom stereocenters. The first-order chi connectivity index (χ1) is 10.9. The fourth-order valence-electron chi connectivity index (χ4n) is 1.87. The van der Waals surface area contributed by atoms with Gasteiger partial charge in [0.05, 0.1) is 6.42 Å². The Balaban J connectivity index is 1.88. The Hall–Kier alpha value is -2.09. The van der Waals surface area contributed by atoms with Gasteiger partial charge in [-0.2, -0.15) is 8.78 Å². The molecular weight excluding hydrogens is 324 g/mol. The van der Waals surface area contributed by atoms with Crippen molar-refractivity contribution in [3.63, 3.8) is 0 Å². The molecule has 1 amide bonds. The molecule has 1 N–H and O–H groups in total. The fourth-order valence-corrected chi connectivity index (χ4v) is 2.84. The molecule has 1 aromatic carbocycles. The van der Waals surface area contributed by atoms with E-state index in [0.717, 1.165) is 11.4 Å². The summed E-state index contributed by atoms with van der Waals surface area (Å²) in [6.07, 6.45) is 0.938. The zero-order chi connectivity index (χ0) is 16.8. The molecule has 0 unspecified atom stereocenters. The third-order valence-corrected chi connectivity index (χ3v) is 3.67. The zero-order valence-electron chi connectivity index (χ0n) is 12.8. The number of ether oxygens (including phenoxy) is 1. The third-order valence-electron chi connectivity index (χ3n) is 2.81. The Labute approximate surface area is 136 Å². The van der Waals surface area contributed by atoms with Crippen LogP contribution in [-0.4, -0.2) is 22.7 Å². The van der Waals surface area contributed by atoms with Gasteiger partial charge in [0, 0.05) is 6.42 Å². The highest BCUT2D eigenvalue weighted by Gasteiger charge is 2.10. The standard InChI is InChI=1S/C15H17F2N3O2S/c1-9(2)7-13-19-20-15(23-13)18-12(21)8-10-3-5-11(6-4-10)22-14(16)17/h3-6,9,14H,7-8H2,1-2H3,(H,18,20,21). The highest BCUT2D eigenvalue weighted by Crippen LogP contribution is 2.19. The predicted octanol–water partition coefficient (Wildman–Crippen LogP) is 3.52. The van der Waals surface area contributed by atoms with Gasteiger partial charge in [0.25, 0.3) is 0 Å². The first-order valence-corrected chi connectivity index (χ1v) is 7.90. The number of amides is 1. The molecule has 0 fully saturated rings. The van der Waals surface area contributed by atoms with Gasteiger partial charge in [-0.1, -0.05) is 37.3 Å². The summed E-state index contributed by atoms with van der Waals surface area (Å²) < 4.78 is 28.4. The van der Waals surface area contributed by atoms with Crippen molar-refractivity contribution in [2.75, 3.05) is 5.32 Å². The van der Waals surface area contributed by atoms with Crippen LogP contribution in [0, 0.1) is 5.92 Å². The van der Waals surface area contributed by atoms with Crippen molar-refractivity contribution in [2.24, 2.45) is 5.92 Å². The highest BCUT2D eigenvalue weighted by atomic mass is 32.1. The van der Waals surface area contributed by atoms with Crippen LogP contribution in [0.5, 0.6) is 5.75 Å². The molecular formula is C15H17F2N3O2S. The molecule has 124 valence electrons. The van der Waals surface area contributed by atoms with E-state index in [2.05, 4.69) is 34.1 Å². The maximum atomic E-state index is 12.1. The van der Waals surface area contributed by atoms with Crippen LogP contribution in [0.25, 0.3) is 0 Å². The van der Waals surface area contributed by atoms with Gasteiger partial charge in [0.2, 0.25) is 11.0 Å². The number of hydrogen-bond acceptors (Lipinski definition) is 5. The van der Waals surface area contributed by atoms with Crippen LogP contribution in [0.4, 0.5) is 13.9 Å². The van der Waals surface area contributed by atoms with E-state index in [1.807, 2.05) is 0 Å². The van der Waals surface area contributed by atoms with E-state index < -0.39 is 6.61 Å². The van der Waals surface area contributed by atoms with Crippen LogP contribution in [0.1, 0.15) is 24.4 Å². The lowest BCUT2D eigenvalue weighted by atomic mass is 10.1. The van der Waals surface area contributed by atoms with Crippen molar-refractivity contribution in [3.8, 4) is 5.75 Å². The minimum Gasteiger partial charge on any atom is -0.435 e. The zero-order valence-corrected chi connectivity index (χ0v) is 13.6. The molecule has 5 nitrogen and oxygen atoms in total. The summed E-state index contributed by atoms with van der Waals surface area (Å²) >= 11 is 1.35. The van der Waals surface area contributed by atoms with Gasteiger partial charge >= 0.3 is 6.61 Å². The van der Waals surface area contributed by atoms with Gasteiger partial charge in [-0.05, 0) is 23.6 Å². The molecule has 2 rings (SSSR count). The Morgan fingerprint density at radius 3 is 2.57 bits per heavy atom. The SMILES string of the molecule is CC(C)Cc1nnc(NC(=O)Cc2ccc(OC(F)F)cc2)s1. The molecule has 0 saturated carbocycles. The summed E-state index contributed by atoms with van der Waals surface area (Å²) in [7, 11) is 0. The van der Waals surface area contributed by atoms with Crippen molar-refractivity contribution < 1.29 is 18.3 Å². The number of carbonyl (C=O) groups is 1. The van der Waals surface area contributed by atoms with Gasteiger partial charge in [-0.3, -0.25) is 4.79 Å². The molecule has 0 saturated heterocycles. The van der Waals surface area contributed by atoms with Gasteiger partial charge < -0.3 is 10.1 Å². The Bertz CT molecular complexity index is 644. The predicted molar refractivity (Wildman–Crippen MR) is 83.9 cm³/mol. The number of hydrogen-bond donors (Lipinski definition) is 1. The first-order valence-electron chi connectivity index (χ1n) is 7.08. The minimum atomic E-state index is -2.86. The lowest BCUT2D eigenvalue weighted by molar-refractivity contribution is -0.115. The molecule has 2 aromatic rings. The molecule has 8 heteroatoms. The van der Waals surface area contributed by atoms with E-state index in [1.54, 1.807) is 12.1 Å². The van der Waals surface area contributed by atoms with E-state index in [9.17, 15) is 13.6 Å². The van der Waals surface area contributed by atoms with Crippen molar-refractivity contribution in [1.82, 2.24) is 10.2 Å². The maximum Gasteiger partial charge on any atom is 0.387 e. The second-order valence-corrected chi connectivity index (χ2v) is 6.41. The van der Waals surface area contributed by atoms with Crippen LogP contribution in [0.15, 0.2) is 24.3 Å². The number of benzene rings is 1. The number of aromatic nitrogens is 2. The summed E-state index contributed by atoms with van der Waals surface area (Å²) in [5.41, 5.74) is 0.691. The van der Waals surface area contributed by atoms with E-state index in [-0.39, 0.29) is 18.1 Å². The number of carbonyl (C=O) groups excluding carboxylic acids is 1. The van der Waals surface area contributed by atoms with E-state index in [4.69, 9.17) is 0 Å². The van der Waals surface area contributed by atoms with Crippen molar-refractivity contribution in [2.45, 2.75) is 33.3 Å². The Morgan fingerprint density at radius 1 is 1.26 bits per heavy atom. The summed E-state index contributed by atoms with van der Waals surface area (Å²) in [5.74, 6) is 0.298. The van der Waals surface area contributed by atoms with Crippen molar-refractivity contribution in [1.29, 1.82) is 0 Å². The molecule has 0 aliphatic carbocycles. The quantitative estimate of drug-likeness (QED) is 0.837. The number of halogens is 2. The van der Waals surface area contributed by atoms with Crippen LogP contribution < -0.4 is 10.1 Å². The number of nitrogens with zero attached hydrogens (tertiary/aromatic N) is 2. The molecule has 0 aliphatic heterocycles. The lowest BCUT2D eigenvalue weighted by Gasteiger charge is -2.05. The Kier molecular flexibility index (Phi) is 5.97.